The zero-order chi connectivity index (χ0) is 11.1. The Morgan fingerprint density at radius 1 is 1.20 bits per heavy atom. The van der Waals surface area contributed by atoms with Crippen molar-refractivity contribution < 1.29 is 13.2 Å². The lowest BCUT2D eigenvalue weighted by Gasteiger charge is -2.05. The van der Waals surface area contributed by atoms with E-state index in [4.69, 9.17) is 0 Å². The van der Waals surface area contributed by atoms with Crippen LogP contribution in [0.2, 0.25) is 0 Å². The van der Waals surface area contributed by atoms with Crippen molar-refractivity contribution in [2.24, 2.45) is 0 Å². The molecule has 15 heavy (non-hydrogen) atoms. The van der Waals surface area contributed by atoms with Crippen LogP contribution in [0, 0.1) is 0 Å². The first kappa shape index (κ1) is 10.5. The molecule has 1 aromatic heterocycles. The molecule has 0 spiro atoms. The number of hydrogen-bond acceptors (Lipinski definition) is 1. The minimum atomic E-state index is -4.25. The molecule has 0 fully saturated rings. The molecule has 0 atom stereocenters. The largest absolute Gasteiger partial charge is 0.416 e. The molecule has 4 heteroatoms. The van der Waals surface area contributed by atoms with Crippen molar-refractivity contribution >= 4 is 21.4 Å². The quantitative estimate of drug-likeness (QED) is 0.677. The van der Waals surface area contributed by atoms with Crippen molar-refractivity contribution in [2.75, 3.05) is 0 Å². The second kappa shape index (κ2) is 3.52. The molecule has 0 aliphatic heterocycles. The Kier molecular flexibility index (Phi) is 2.46. The van der Waals surface area contributed by atoms with Crippen LogP contribution in [-0.4, -0.2) is 0 Å². The van der Waals surface area contributed by atoms with Crippen LogP contribution in [0.25, 0.3) is 10.1 Å². The number of thiophene rings is 1. The van der Waals surface area contributed by atoms with E-state index < -0.39 is 11.7 Å². The first-order valence-corrected chi connectivity index (χ1v) is 5.42. The summed E-state index contributed by atoms with van der Waals surface area (Å²) in [4.78, 5) is 1.12. The van der Waals surface area contributed by atoms with Gasteiger partial charge < -0.3 is 0 Å². The minimum Gasteiger partial charge on any atom is -0.166 e. The highest BCUT2D eigenvalue weighted by Gasteiger charge is 2.30. The first-order chi connectivity index (χ1) is 7.00. The van der Waals surface area contributed by atoms with Crippen LogP contribution in [-0.2, 0) is 12.6 Å². The number of halogens is 3. The molecular weight excluding hydrogens is 221 g/mol. The Balaban J connectivity index is 2.55. The normalized spacial score (nSPS) is 12.3. The summed E-state index contributed by atoms with van der Waals surface area (Å²) >= 11 is 1.55. The fourth-order valence-corrected chi connectivity index (χ4v) is 2.43. The topological polar surface area (TPSA) is 0 Å². The van der Waals surface area contributed by atoms with Crippen molar-refractivity contribution in [1.29, 1.82) is 0 Å². The van der Waals surface area contributed by atoms with Gasteiger partial charge in [0, 0.05) is 9.58 Å². The fraction of sp³-hybridized carbons (Fsp3) is 0.273. The summed E-state index contributed by atoms with van der Waals surface area (Å²) in [6, 6.07) is 5.72. The van der Waals surface area contributed by atoms with Gasteiger partial charge in [-0.25, -0.2) is 0 Å². The predicted molar refractivity (Wildman–Crippen MR) is 56.2 cm³/mol. The minimum absolute atomic E-state index is 0.574. The van der Waals surface area contributed by atoms with E-state index in [9.17, 15) is 13.2 Å². The highest BCUT2D eigenvalue weighted by molar-refractivity contribution is 7.19. The maximum Gasteiger partial charge on any atom is 0.416 e. The van der Waals surface area contributed by atoms with Gasteiger partial charge in [-0.05, 0) is 36.1 Å². The molecule has 2 aromatic rings. The molecule has 1 heterocycles. The van der Waals surface area contributed by atoms with Gasteiger partial charge in [0.2, 0.25) is 0 Å². The van der Waals surface area contributed by atoms with Crippen LogP contribution < -0.4 is 0 Å². The molecule has 0 saturated heterocycles. The van der Waals surface area contributed by atoms with E-state index in [0.717, 1.165) is 22.1 Å². The lowest BCUT2D eigenvalue weighted by molar-refractivity contribution is -0.137. The summed E-state index contributed by atoms with van der Waals surface area (Å²) in [5.74, 6) is 0. The van der Waals surface area contributed by atoms with Crippen molar-refractivity contribution in [1.82, 2.24) is 0 Å². The fourth-order valence-electron chi connectivity index (χ4n) is 1.45. The zero-order valence-corrected chi connectivity index (χ0v) is 8.88. The number of benzene rings is 1. The van der Waals surface area contributed by atoms with Crippen molar-refractivity contribution in [3.8, 4) is 0 Å². The molecule has 0 N–H and O–H groups in total. The molecule has 0 aliphatic carbocycles. The molecule has 0 bridgehead atoms. The highest BCUT2D eigenvalue weighted by Crippen LogP contribution is 2.34. The summed E-state index contributed by atoms with van der Waals surface area (Å²) in [7, 11) is 0. The predicted octanol–water partition coefficient (Wildman–Crippen LogP) is 4.48. The standard InChI is InChI=1S/C11H9F3S/c1-2-9-6-7-5-8(11(12,13)14)3-4-10(7)15-9/h3-6H,2H2,1H3. The van der Waals surface area contributed by atoms with Crippen LogP contribution in [0.1, 0.15) is 17.4 Å². The smallest absolute Gasteiger partial charge is 0.166 e. The molecule has 0 unspecified atom stereocenters. The van der Waals surface area contributed by atoms with Gasteiger partial charge in [0.05, 0.1) is 5.56 Å². The lowest BCUT2D eigenvalue weighted by Crippen LogP contribution is -2.03. The summed E-state index contributed by atoms with van der Waals surface area (Å²) in [5.41, 5.74) is -0.574. The van der Waals surface area contributed by atoms with Crippen LogP contribution in [0.4, 0.5) is 13.2 Å². The Labute approximate surface area is 89.3 Å². The highest BCUT2D eigenvalue weighted by atomic mass is 32.1. The van der Waals surface area contributed by atoms with Gasteiger partial charge in [0.25, 0.3) is 0 Å². The van der Waals surface area contributed by atoms with Crippen LogP contribution >= 0.6 is 11.3 Å². The molecule has 1 aromatic carbocycles. The number of fused-ring (bicyclic) bond motifs is 1. The number of aryl methyl sites for hydroxylation is 1. The van der Waals surface area contributed by atoms with E-state index in [1.807, 2.05) is 13.0 Å². The van der Waals surface area contributed by atoms with Gasteiger partial charge in [-0.2, -0.15) is 13.2 Å². The lowest BCUT2D eigenvalue weighted by atomic mass is 10.1. The molecular formula is C11H9F3S. The van der Waals surface area contributed by atoms with E-state index in [0.29, 0.717) is 5.39 Å². The zero-order valence-electron chi connectivity index (χ0n) is 8.06. The summed E-state index contributed by atoms with van der Waals surface area (Å²) < 4.78 is 38.1. The third-order valence-corrected chi connectivity index (χ3v) is 3.50. The molecule has 0 radical (unpaired) electrons. The number of rotatable bonds is 1. The van der Waals surface area contributed by atoms with Crippen molar-refractivity contribution in [2.45, 2.75) is 19.5 Å². The third kappa shape index (κ3) is 2.00. The third-order valence-electron chi connectivity index (χ3n) is 2.24. The van der Waals surface area contributed by atoms with E-state index in [2.05, 4.69) is 0 Å². The maximum absolute atomic E-state index is 12.4. The average Bonchev–Trinajstić information content (AvgIpc) is 2.57. The average molecular weight is 230 g/mol. The molecule has 2 rings (SSSR count). The molecule has 0 amide bonds. The van der Waals surface area contributed by atoms with Gasteiger partial charge >= 0.3 is 6.18 Å². The van der Waals surface area contributed by atoms with Crippen molar-refractivity contribution in [3.63, 3.8) is 0 Å². The monoisotopic (exact) mass is 230 g/mol. The maximum atomic E-state index is 12.4. The van der Waals surface area contributed by atoms with Gasteiger partial charge in [0.15, 0.2) is 0 Å². The molecule has 0 saturated carbocycles. The number of alkyl halides is 3. The van der Waals surface area contributed by atoms with E-state index in [1.54, 1.807) is 17.4 Å². The van der Waals surface area contributed by atoms with E-state index in [-0.39, 0.29) is 0 Å². The van der Waals surface area contributed by atoms with Crippen molar-refractivity contribution in [3.05, 3.63) is 34.7 Å². The van der Waals surface area contributed by atoms with Crippen LogP contribution in [0.15, 0.2) is 24.3 Å². The first-order valence-electron chi connectivity index (χ1n) is 4.60. The van der Waals surface area contributed by atoms with Gasteiger partial charge in [-0.3, -0.25) is 0 Å². The Bertz CT molecular complexity index is 482. The Morgan fingerprint density at radius 2 is 1.93 bits per heavy atom. The van der Waals surface area contributed by atoms with Gasteiger partial charge in [0.1, 0.15) is 0 Å². The molecule has 80 valence electrons. The molecule has 0 nitrogen and oxygen atoms in total. The van der Waals surface area contributed by atoms with Gasteiger partial charge in [-0.15, -0.1) is 11.3 Å². The summed E-state index contributed by atoms with van der Waals surface area (Å²) in [6.45, 7) is 2.00. The van der Waals surface area contributed by atoms with E-state index in [1.165, 1.54) is 6.07 Å². The Morgan fingerprint density at radius 3 is 2.53 bits per heavy atom. The second-order valence-electron chi connectivity index (χ2n) is 3.32. The number of hydrogen-bond donors (Lipinski definition) is 0. The second-order valence-corrected chi connectivity index (χ2v) is 4.48. The SMILES string of the molecule is CCc1cc2cc(C(F)(F)F)ccc2s1. The summed E-state index contributed by atoms with van der Waals surface area (Å²) in [6.07, 6.45) is -3.39. The van der Waals surface area contributed by atoms with Crippen LogP contribution in [0.5, 0.6) is 0 Å². The van der Waals surface area contributed by atoms with E-state index >= 15 is 0 Å². The Hall–Kier alpha value is -1.03. The summed E-state index contributed by atoms with van der Waals surface area (Å²) in [5, 5.41) is 0.687. The molecule has 0 aliphatic rings. The van der Waals surface area contributed by atoms with Crippen LogP contribution in [0.3, 0.4) is 0 Å². The van der Waals surface area contributed by atoms with Gasteiger partial charge in [-0.1, -0.05) is 6.92 Å².